The van der Waals surface area contributed by atoms with Gasteiger partial charge in [0.05, 0.1) is 0 Å². The maximum absolute atomic E-state index is 9.01. The number of ether oxygens (including phenoxy) is 1. The van der Waals surface area contributed by atoms with Crippen molar-refractivity contribution in [3.63, 3.8) is 0 Å². The molecule has 0 aliphatic carbocycles. The molecule has 0 aliphatic rings. The standard InChI is InChI=1S/C16H17N3O/c1-11-5-6-16(14(8-11)12(2)18)20-10-13-4-3-7-19-15(13)9-17/h3-8,12H,10,18H2,1-2H3. The highest BCUT2D eigenvalue weighted by Crippen LogP contribution is 2.26. The molecule has 0 amide bonds. The van der Waals surface area contributed by atoms with E-state index in [0.29, 0.717) is 12.3 Å². The molecule has 1 unspecified atom stereocenters. The van der Waals surface area contributed by atoms with Gasteiger partial charge in [-0.1, -0.05) is 23.8 Å². The number of pyridine rings is 1. The summed E-state index contributed by atoms with van der Waals surface area (Å²) >= 11 is 0. The minimum Gasteiger partial charge on any atom is -0.488 e. The Morgan fingerprint density at radius 3 is 2.90 bits per heavy atom. The molecule has 20 heavy (non-hydrogen) atoms. The molecule has 2 N–H and O–H groups in total. The van der Waals surface area contributed by atoms with Gasteiger partial charge in [0.15, 0.2) is 0 Å². The van der Waals surface area contributed by atoms with Crippen LogP contribution in [0.15, 0.2) is 36.5 Å². The number of benzene rings is 1. The van der Waals surface area contributed by atoms with E-state index in [1.807, 2.05) is 38.1 Å². The van der Waals surface area contributed by atoms with Crippen LogP contribution in [0.25, 0.3) is 0 Å². The average Bonchev–Trinajstić information content (AvgIpc) is 2.46. The van der Waals surface area contributed by atoms with Crippen LogP contribution in [0.2, 0.25) is 0 Å². The second kappa shape index (κ2) is 6.18. The molecule has 4 nitrogen and oxygen atoms in total. The topological polar surface area (TPSA) is 71.9 Å². The first-order valence-corrected chi connectivity index (χ1v) is 6.44. The minimum atomic E-state index is -0.103. The van der Waals surface area contributed by atoms with Crippen molar-refractivity contribution in [3.8, 4) is 11.8 Å². The molecule has 0 fully saturated rings. The molecule has 1 aromatic carbocycles. The van der Waals surface area contributed by atoms with E-state index in [-0.39, 0.29) is 6.04 Å². The first-order chi connectivity index (χ1) is 9.61. The predicted molar refractivity (Wildman–Crippen MR) is 77.1 cm³/mol. The highest BCUT2D eigenvalue weighted by atomic mass is 16.5. The third-order valence-corrected chi connectivity index (χ3v) is 3.04. The Balaban J connectivity index is 2.21. The molecule has 0 bridgehead atoms. The van der Waals surface area contributed by atoms with E-state index in [9.17, 15) is 0 Å². The summed E-state index contributed by atoms with van der Waals surface area (Å²) in [5, 5.41) is 9.01. The molecular weight excluding hydrogens is 250 g/mol. The third kappa shape index (κ3) is 3.14. The van der Waals surface area contributed by atoms with Crippen molar-refractivity contribution in [2.75, 3.05) is 0 Å². The number of hydrogen-bond donors (Lipinski definition) is 1. The summed E-state index contributed by atoms with van der Waals surface area (Å²) in [7, 11) is 0. The van der Waals surface area contributed by atoms with Gasteiger partial charge in [0.1, 0.15) is 24.1 Å². The molecule has 0 aliphatic heterocycles. The van der Waals surface area contributed by atoms with Crippen LogP contribution < -0.4 is 10.5 Å². The summed E-state index contributed by atoms with van der Waals surface area (Å²) < 4.78 is 5.81. The fourth-order valence-electron chi connectivity index (χ4n) is 1.97. The monoisotopic (exact) mass is 267 g/mol. The molecule has 0 saturated carbocycles. The maximum atomic E-state index is 9.01. The lowest BCUT2D eigenvalue weighted by atomic mass is 10.1. The number of rotatable bonds is 4. The molecular formula is C16H17N3O. The zero-order chi connectivity index (χ0) is 14.5. The van der Waals surface area contributed by atoms with Crippen LogP contribution in [-0.4, -0.2) is 4.98 Å². The predicted octanol–water partition coefficient (Wildman–Crippen LogP) is 2.86. The van der Waals surface area contributed by atoms with Gasteiger partial charge in [-0.2, -0.15) is 5.26 Å². The van der Waals surface area contributed by atoms with E-state index in [1.165, 1.54) is 0 Å². The molecule has 2 rings (SSSR count). The van der Waals surface area contributed by atoms with Crippen LogP contribution in [0.3, 0.4) is 0 Å². The van der Waals surface area contributed by atoms with Gasteiger partial charge < -0.3 is 10.5 Å². The van der Waals surface area contributed by atoms with Gasteiger partial charge >= 0.3 is 0 Å². The summed E-state index contributed by atoms with van der Waals surface area (Å²) in [6.07, 6.45) is 1.60. The van der Waals surface area contributed by atoms with E-state index in [4.69, 9.17) is 15.7 Å². The van der Waals surface area contributed by atoms with Crippen LogP contribution in [0.4, 0.5) is 0 Å². The molecule has 0 spiro atoms. The lowest BCUT2D eigenvalue weighted by Crippen LogP contribution is -2.09. The fraction of sp³-hybridized carbons (Fsp3) is 0.250. The second-order valence-corrected chi connectivity index (χ2v) is 4.74. The Morgan fingerprint density at radius 1 is 1.40 bits per heavy atom. The number of aryl methyl sites for hydroxylation is 1. The number of hydrogen-bond acceptors (Lipinski definition) is 4. The summed E-state index contributed by atoms with van der Waals surface area (Å²) in [5.74, 6) is 0.748. The van der Waals surface area contributed by atoms with Gasteiger partial charge in [0.2, 0.25) is 0 Å². The molecule has 1 aromatic heterocycles. The molecule has 1 heterocycles. The van der Waals surface area contributed by atoms with Crippen molar-refractivity contribution in [2.45, 2.75) is 26.5 Å². The van der Waals surface area contributed by atoms with Gasteiger partial charge in [-0.15, -0.1) is 0 Å². The van der Waals surface area contributed by atoms with Crippen molar-refractivity contribution >= 4 is 0 Å². The van der Waals surface area contributed by atoms with Crippen molar-refractivity contribution in [1.29, 1.82) is 5.26 Å². The molecule has 102 valence electrons. The summed E-state index contributed by atoms with van der Waals surface area (Å²) in [6.45, 7) is 4.25. The first kappa shape index (κ1) is 14.0. The SMILES string of the molecule is Cc1ccc(OCc2cccnc2C#N)c(C(C)N)c1. The highest BCUT2D eigenvalue weighted by Gasteiger charge is 2.10. The van der Waals surface area contributed by atoms with Gasteiger partial charge in [0, 0.05) is 23.4 Å². The Labute approximate surface area is 118 Å². The van der Waals surface area contributed by atoms with Crippen LogP contribution in [-0.2, 0) is 6.61 Å². The van der Waals surface area contributed by atoms with Crippen LogP contribution in [0, 0.1) is 18.3 Å². The first-order valence-electron chi connectivity index (χ1n) is 6.44. The fourth-order valence-corrected chi connectivity index (χ4v) is 1.97. The minimum absolute atomic E-state index is 0.103. The zero-order valence-corrected chi connectivity index (χ0v) is 11.6. The van der Waals surface area contributed by atoms with Gasteiger partial charge in [0.25, 0.3) is 0 Å². The average molecular weight is 267 g/mol. The second-order valence-electron chi connectivity index (χ2n) is 4.74. The Hall–Kier alpha value is -2.38. The van der Waals surface area contributed by atoms with Gasteiger partial charge in [-0.3, -0.25) is 0 Å². The van der Waals surface area contributed by atoms with E-state index in [2.05, 4.69) is 11.1 Å². The number of nitriles is 1. The smallest absolute Gasteiger partial charge is 0.147 e. The van der Waals surface area contributed by atoms with Crippen molar-refractivity contribution in [3.05, 3.63) is 58.9 Å². The van der Waals surface area contributed by atoms with Crippen molar-refractivity contribution in [1.82, 2.24) is 4.98 Å². The van der Waals surface area contributed by atoms with E-state index < -0.39 is 0 Å². The lowest BCUT2D eigenvalue weighted by Gasteiger charge is -2.15. The van der Waals surface area contributed by atoms with Gasteiger partial charge in [-0.25, -0.2) is 4.98 Å². The van der Waals surface area contributed by atoms with E-state index >= 15 is 0 Å². The highest BCUT2D eigenvalue weighted by molar-refractivity contribution is 5.39. The van der Waals surface area contributed by atoms with Crippen LogP contribution >= 0.6 is 0 Å². The Kier molecular flexibility index (Phi) is 4.34. The molecule has 4 heteroatoms. The number of nitrogens with two attached hydrogens (primary N) is 1. The molecule has 0 saturated heterocycles. The largest absolute Gasteiger partial charge is 0.488 e. The Morgan fingerprint density at radius 2 is 2.20 bits per heavy atom. The van der Waals surface area contributed by atoms with Gasteiger partial charge in [-0.05, 0) is 26.0 Å². The van der Waals surface area contributed by atoms with E-state index in [1.54, 1.807) is 12.3 Å². The summed E-state index contributed by atoms with van der Waals surface area (Å²) in [6, 6.07) is 11.5. The van der Waals surface area contributed by atoms with Crippen LogP contribution in [0.5, 0.6) is 5.75 Å². The number of nitrogens with zero attached hydrogens (tertiary/aromatic N) is 2. The van der Waals surface area contributed by atoms with E-state index in [0.717, 1.165) is 22.4 Å². The maximum Gasteiger partial charge on any atom is 0.147 e. The summed E-state index contributed by atoms with van der Waals surface area (Å²) in [5.41, 5.74) is 9.23. The van der Waals surface area contributed by atoms with Crippen molar-refractivity contribution in [2.24, 2.45) is 5.73 Å². The quantitative estimate of drug-likeness (QED) is 0.924. The lowest BCUT2D eigenvalue weighted by molar-refractivity contribution is 0.300. The normalized spacial score (nSPS) is 11.7. The molecule has 0 radical (unpaired) electrons. The molecule has 1 atom stereocenters. The van der Waals surface area contributed by atoms with Crippen molar-refractivity contribution < 1.29 is 4.74 Å². The molecule has 2 aromatic rings. The summed E-state index contributed by atoms with van der Waals surface area (Å²) in [4.78, 5) is 4.02. The third-order valence-electron chi connectivity index (χ3n) is 3.04. The zero-order valence-electron chi connectivity index (χ0n) is 11.6. The Bertz CT molecular complexity index is 644. The number of aromatic nitrogens is 1. The van der Waals surface area contributed by atoms with Crippen LogP contribution in [0.1, 0.15) is 35.3 Å².